The third-order valence-corrected chi connectivity index (χ3v) is 10.8. The number of benzene rings is 3. The second kappa shape index (κ2) is 26.7. The van der Waals surface area contributed by atoms with Gasteiger partial charge in [0.2, 0.25) is 0 Å². The topological polar surface area (TPSA) is 24.7 Å². The molecule has 0 aliphatic heterocycles. The average Bonchev–Trinajstić information content (AvgIpc) is 3.17. The van der Waals surface area contributed by atoms with Gasteiger partial charge in [0.05, 0.1) is 11.4 Å². The van der Waals surface area contributed by atoms with E-state index in [4.69, 9.17) is 10.2 Å². The zero-order chi connectivity index (χ0) is 37.2. The Morgan fingerprint density at radius 3 is 1.54 bits per heavy atom. The minimum atomic E-state index is 0.857. The zero-order valence-corrected chi connectivity index (χ0v) is 34.6. The van der Waals surface area contributed by atoms with Crippen molar-refractivity contribution in [3.63, 3.8) is 0 Å². The third kappa shape index (κ3) is 15.5. The largest absolute Gasteiger partial charge is 0.155 e. The normalized spacial score (nSPS) is 12.0. The predicted octanol–water partition coefficient (Wildman–Crippen LogP) is 16.7. The van der Waals surface area contributed by atoms with Gasteiger partial charge in [-0.15, -0.1) is 0 Å². The van der Waals surface area contributed by atoms with Gasteiger partial charge in [0, 0.05) is 0 Å². The fraction of sp³-hybridized carbons (Fsp3) is 0.600. The Morgan fingerprint density at radius 2 is 0.962 bits per heavy atom. The lowest BCUT2D eigenvalue weighted by molar-refractivity contribution is 0.606. The Balaban J connectivity index is 2.01. The van der Waals surface area contributed by atoms with Crippen LogP contribution in [0.15, 0.2) is 70.5 Å². The summed E-state index contributed by atoms with van der Waals surface area (Å²) in [5.41, 5.74) is 13.9. The van der Waals surface area contributed by atoms with Gasteiger partial charge in [-0.25, -0.2) is 0 Å². The number of unbranched alkanes of at least 4 members (excludes halogenated alkanes) is 13. The van der Waals surface area contributed by atoms with E-state index in [9.17, 15) is 0 Å². The van der Waals surface area contributed by atoms with Crippen molar-refractivity contribution in [3.05, 3.63) is 93.7 Å². The molecular weight excluding hydrogens is 629 g/mol. The molecule has 0 amide bonds. The van der Waals surface area contributed by atoms with E-state index in [1.807, 2.05) is 0 Å². The van der Waals surface area contributed by atoms with Gasteiger partial charge < -0.3 is 0 Å². The molecule has 2 heteroatoms. The molecule has 0 spiro atoms. The predicted molar refractivity (Wildman–Crippen MR) is 231 cm³/mol. The van der Waals surface area contributed by atoms with Crippen LogP contribution in [0.3, 0.4) is 0 Å². The maximum atomic E-state index is 5.00. The standard InChI is InChI=1S/C50H76N2/c1-7-13-18-21-22-28-35-49-43(29-16-10-4)36-41(38-50(49)42-31-25-23-26-32-42)37-46(12-6)51-52-47-39-44(30-17-11-5)48(34-27-20-15-9-3)45(40-47)33-24-19-14-8-2/h23,25-26,31-32,36-40H,7-22,24,27-30,33-35H2,1-6H3. The molecule has 2 nitrogen and oxygen atoms in total. The van der Waals surface area contributed by atoms with Crippen LogP contribution in [0.2, 0.25) is 0 Å². The highest BCUT2D eigenvalue weighted by atomic mass is 15.1. The van der Waals surface area contributed by atoms with Crippen LogP contribution in [0.25, 0.3) is 17.2 Å². The van der Waals surface area contributed by atoms with Crippen molar-refractivity contribution in [2.45, 2.75) is 196 Å². The third-order valence-electron chi connectivity index (χ3n) is 10.8. The van der Waals surface area contributed by atoms with Crippen LogP contribution in [-0.4, -0.2) is 0 Å². The molecule has 0 atom stereocenters. The van der Waals surface area contributed by atoms with Crippen molar-refractivity contribution >= 4 is 11.8 Å². The van der Waals surface area contributed by atoms with Crippen molar-refractivity contribution in [2.24, 2.45) is 10.2 Å². The molecule has 0 heterocycles. The van der Waals surface area contributed by atoms with E-state index in [1.165, 1.54) is 155 Å². The highest BCUT2D eigenvalue weighted by Crippen LogP contribution is 2.33. The molecule has 0 saturated carbocycles. The first-order valence-corrected chi connectivity index (χ1v) is 22.1. The Labute approximate surface area is 321 Å². The number of aryl methyl sites for hydroxylation is 3. The summed E-state index contributed by atoms with van der Waals surface area (Å²) in [5, 5.41) is 9.98. The maximum Gasteiger partial charge on any atom is 0.0862 e. The molecule has 0 fully saturated rings. The Hall–Kier alpha value is -3.00. The summed E-state index contributed by atoms with van der Waals surface area (Å²) in [7, 11) is 0. The van der Waals surface area contributed by atoms with E-state index in [-0.39, 0.29) is 0 Å². The van der Waals surface area contributed by atoms with Crippen LogP contribution >= 0.6 is 0 Å². The molecule has 0 aromatic heterocycles. The number of hydrogen-bond acceptors (Lipinski definition) is 2. The van der Waals surface area contributed by atoms with E-state index in [0.29, 0.717) is 0 Å². The molecular formula is C50H76N2. The number of hydrogen-bond donors (Lipinski definition) is 0. The van der Waals surface area contributed by atoms with Crippen molar-refractivity contribution in [3.8, 4) is 11.1 Å². The molecule has 286 valence electrons. The molecule has 3 aromatic carbocycles. The second-order valence-electron chi connectivity index (χ2n) is 15.4. The van der Waals surface area contributed by atoms with Gasteiger partial charge in [-0.1, -0.05) is 161 Å². The molecule has 0 radical (unpaired) electrons. The van der Waals surface area contributed by atoms with Crippen molar-refractivity contribution in [1.29, 1.82) is 0 Å². The van der Waals surface area contributed by atoms with Crippen LogP contribution in [0.5, 0.6) is 0 Å². The van der Waals surface area contributed by atoms with Crippen LogP contribution in [-0.2, 0) is 32.1 Å². The Kier molecular flexibility index (Phi) is 22.3. The summed E-state index contributed by atoms with van der Waals surface area (Å²) in [6.45, 7) is 13.8. The van der Waals surface area contributed by atoms with Crippen molar-refractivity contribution in [1.82, 2.24) is 0 Å². The van der Waals surface area contributed by atoms with E-state index in [0.717, 1.165) is 43.5 Å². The molecule has 0 aliphatic rings. The molecule has 0 bridgehead atoms. The highest BCUT2D eigenvalue weighted by molar-refractivity contribution is 5.73. The summed E-state index contributed by atoms with van der Waals surface area (Å²) in [4.78, 5) is 0. The number of azo groups is 1. The van der Waals surface area contributed by atoms with Crippen LogP contribution in [0.4, 0.5) is 5.69 Å². The quantitative estimate of drug-likeness (QED) is 0.0531. The Morgan fingerprint density at radius 1 is 0.481 bits per heavy atom. The van der Waals surface area contributed by atoms with Crippen LogP contribution in [0, 0.1) is 0 Å². The fourth-order valence-corrected chi connectivity index (χ4v) is 7.64. The minimum Gasteiger partial charge on any atom is -0.155 e. The van der Waals surface area contributed by atoms with Crippen LogP contribution < -0.4 is 0 Å². The minimum absolute atomic E-state index is 0.857. The van der Waals surface area contributed by atoms with Gasteiger partial charge >= 0.3 is 0 Å². The van der Waals surface area contributed by atoms with Gasteiger partial charge in [-0.05, 0) is 139 Å². The lowest BCUT2D eigenvalue weighted by Crippen LogP contribution is -2.02. The van der Waals surface area contributed by atoms with Gasteiger partial charge in [-0.3, -0.25) is 0 Å². The fourth-order valence-electron chi connectivity index (χ4n) is 7.64. The first-order chi connectivity index (χ1) is 25.6. The van der Waals surface area contributed by atoms with E-state index in [2.05, 4.69) is 102 Å². The van der Waals surface area contributed by atoms with Crippen molar-refractivity contribution in [2.75, 3.05) is 0 Å². The van der Waals surface area contributed by atoms with Gasteiger partial charge in [0.25, 0.3) is 0 Å². The smallest absolute Gasteiger partial charge is 0.0862 e. The summed E-state index contributed by atoms with van der Waals surface area (Å²) < 4.78 is 0. The van der Waals surface area contributed by atoms with E-state index in [1.54, 1.807) is 11.1 Å². The van der Waals surface area contributed by atoms with Crippen LogP contribution in [0.1, 0.15) is 197 Å². The monoisotopic (exact) mass is 705 g/mol. The summed E-state index contributed by atoms with van der Waals surface area (Å²) in [5.74, 6) is 0. The first-order valence-electron chi connectivity index (χ1n) is 22.1. The van der Waals surface area contributed by atoms with E-state index >= 15 is 0 Å². The second-order valence-corrected chi connectivity index (χ2v) is 15.4. The highest BCUT2D eigenvalue weighted by Gasteiger charge is 2.14. The zero-order valence-electron chi connectivity index (χ0n) is 34.6. The summed E-state index contributed by atoms with van der Waals surface area (Å²) in [6.07, 6.45) is 32.3. The molecule has 0 unspecified atom stereocenters. The van der Waals surface area contributed by atoms with Gasteiger partial charge in [0.15, 0.2) is 0 Å². The number of nitrogens with zero attached hydrogens (tertiary/aromatic N) is 2. The first kappa shape index (κ1) is 43.4. The SMILES string of the molecule is CCCCCCCCc1c(CCCC)cc(C=C(CC)N=Nc2cc(CCCC)c(CCCCCC)c(CCCCCC)c2)cc1-c1ccccc1. The maximum absolute atomic E-state index is 5.00. The summed E-state index contributed by atoms with van der Waals surface area (Å²) >= 11 is 0. The molecule has 3 aromatic rings. The van der Waals surface area contributed by atoms with Gasteiger partial charge in [0.1, 0.15) is 0 Å². The Bertz CT molecular complexity index is 1450. The molecule has 3 rings (SSSR count). The molecule has 52 heavy (non-hydrogen) atoms. The average molecular weight is 705 g/mol. The van der Waals surface area contributed by atoms with Crippen molar-refractivity contribution < 1.29 is 0 Å². The number of rotatable bonds is 28. The molecule has 0 saturated heterocycles. The lowest BCUT2D eigenvalue weighted by Gasteiger charge is -2.18. The summed E-state index contributed by atoms with van der Waals surface area (Å²) in [6, 6.07) is 20.8. The van der Waals surface area contributed by atoms with E-state index < -0.39 is 0 Å². The molecule has 0 N–H and O–H groups in total. The number of allylic oxidation sites excluding steroid dienone is 1. The van der Waals surface area contributed by atoms with Gasteiger partial charge in [-0.2, -0.15) is 10.2 Å². The molecule has 0 aliphatic carbocycles. The lowest BCUT2D eigenvalue weighted by atomic mass is 9.87.